The monoisotopic (exact) mass is 174 g/mol. The van der Waals surface area contributed by atoms with Gasteiger partial charge in [-0.05, 0) is 13.8 Å². The fourth-order valence-electron chi connectivity index (χ4n) is 0.846. The molecule has 0 spiro atoms. The highest BCUT2D eigenvalue weighted by atomic mass is 16.1. The van der Waals surface area contributed by atoms with E-state index >= 15 is 0 Å². The van der Waals surface area contributed by atoms with Gasteiger partial charge in [-0.2, -0.15) is 0 Å². The van der Waals surface area contributed by atoms with E-state index in [0.29, 0.717) is 6.42 Å². The van der Waals surface area contributed by atoms with Crippen LogP contribution in [0.25, 0.3) is 0 Å². The number of carbonyl (C=O) groups is 1. The van der Waals surface area contributed by atoms with Gasteiger partial charge in [-0.15, -0.1) is 0 Å². The first kappa shape index (κ1) is 11.4. The lowest BCUT2D eigenvalue weighted by atomic mass is 10.3. The van der Waals surface area contributed by atoms with Crippen molar-refractivity contribution in [2.24, 2.45) is 0 Å². The van der Waals surface area contributed by atoms with Crippen LogP contribution in [0.15, 0.2) is 0 Å². The average molecular weight is 174 g/mol. The van der Waals surface area contributed by atoms with E-state index in [1.807, 2.05) is 13.8 Å². The van der Waals surface area contributed by atoms with Gasteiger partial charge in [0.25, 0.3) is 0 Å². The van der Waals surface area contributed by atoms with Crippen LogP contribution in [0.3, 0.4) is 0 Å². The van der Waals surface area contributed by atoms with Gasteiger partial charge in [-0.25, -0.2) is 0 Å². The summed E-state index contributed by atoms with van der Waals surface area (Å²) in [5, 5.41) is 5.94. The van der Waals surface area contributed by atoms with Gasteiger partial charge < -0.3 is 16.4 Å². The van der Waals surface area contributed by atoms with Crippen LogP contribution in [0.2, 0.25) is 0 Å². The molecule has 0 bridgehead atoms. The first-order valence-corrected chi connectivity index (χ1v) is 4.46. The number of hydrogen-bond acceptors (Lipinski definition) is 2. The maximum atomic E-state index is 11.0. The summed E-state index contributed by atoms with van der Waals surface area (Å²) < 4.78 is 0. The molecule has 0 atom stereocenters. The summed E-state index contributed by atoms with van der Waals surface area (Å²) in [4.78, 5) is 11.0. The Labute approximate surface area is 73.9 Å². The molecule has 4 nitrogen and oxygen atoms in total. The molecule has 0 saturated heterocycles. The third kappa shape index (κ3) is 7.50. The van der Waals surface area contributed by atoms with Gasteiger partial charge in [0, 0.05) is 25.6 Å². The van der Waals surface area contributed by atoms with Crippen LogP contribution in [0.1, 0.15) is 20.3 Å². The van der Waals surface area contributed by atoms with Crippen LogP contribution in [0.4, 0.5) is 0 Å². The minimum atomic E-state index is 0.113. The Hall–Kier alpha value is -0.610. The first-order chi connectivity index (χ1) is 5.66. The molecule has 0 rings (SSSR count). The largest absolute Gasteiger partial charge is 0.357 e. The number of carbonyl (C=O) groups excluding carboxylic acids is 1. The fourth-order valence-corrected chi connectivity index (χ4v) is 0.846. The Morgan fingerprint density at radius 3 is 2.58 bits per heavy atom. The Balaban J connectivity index is 3.20. The third-order valence-electron chi connectivity index (χ3n) is 1.33. The van der Waals surface area contributed by atoms with Crippen molar-refractivity contribution < 1.29 is 10.5 Å². The summed E-state index contributed by atoms with van der Waals surface area (Å²) in [5.74, 6) is 0.113. The Kier molecular flexibility index (Phi) is 6.70. The van der Waals surface area contributed by atoms with Gasteiger partial charge in [-0.1, -0.05) is 0 Å². The quantitative estimate of drug-likeness (QED) is 0.440. The molecule has 72 valence electrons. The number of hydrogen-bond donors (Lipinski definition) is 3. The van der Waals surface area contributed by atoms with Crippen molar-refractivity contribution in [1.82, 2.24) is 10.6 Å². The van der Waals surface area contributed by atoms with Crippen LogP contribution in [0, 0.1) is 0 Å². The summed E-state index contributed by atoms with van der Waals surface area (Å²) in [6, 6.07) is 0.241. The van der Waals surface area contributed by atoms with E-state index in [0.717, 1.165) is 19.6 Å². The summed E-state index contributed by atoms with van der Waals surface area (Å²) in [6.45, 7) is 6.41. The molecule has 0 aliphatic carbocycles. The second-order valence-corrected chi connectivity index (χ2v) is 3.08. The summed E-state index contributed by atoms with van der Waals surface area (Å²) in [5.41, 5.74) is 3.69. The Morgan fingerprint density at radius 1 is 1.42 bits per heavy atom. The molecule has 5 N–H and O–H groups in total. The topological polar surface area (TPSA) is 68.8 Å². The van der Waals surface area contributed by atoms with Crippen molar-refractivity contribution in [2.75, 3.05) is 19.6 Å². The van der Waals surface area contributed by atoms with Crippen LogP contribution < -0.4 is 16.4 Å². The highest BCUT2D eigenvalue weighted by molar-refractivity contribution is 5.76. The minimum Gasteiger partial charge on any atom is -0.357 e. The first-order valence-electron chi connectivity index (χ1n) is 4.46. The minimum absolute atomic E-state index is 0.113. The van der Waals surface area contributed by atoms with Crippen molar-refractivity contribution in [3.63, 3.8) is 0 Å². The van der Waals surface area contributed by atoms with Gasteiger partial charge in [-0.3, -0.25) is 4.79 Å². The zero-order chi connectivity index (χ0) is 9.40. The Morgan fingerprint density at radius 2 is 2.08 bits per heavy atom. The van der Waals surface area contributed by atoms with Crippen molar-refractivity contribution in [1.29, 1.82) is 0 Å². The molecule has 1 amide bonds. The molecular formula is C8H20N3O+. The molecule has 0 unspecified atom stereocenters. The molecule has 0 heterocycles. The zero-order valence-corrected chi connectivity index (χ0v) is 8.02. The third-order valence-corrected chi connectivity index (χ3v) is 1.33. The molecule has 0 aromatic heterocycles. The second-order valence-electron chi connectivity index (χ2n) is 3.08. The van der Waals surface area contributed by atoms with Crippen LogP contribution >= 0.6 is 0 Å². The van der Waals surface area contributed by atoms with E-state index in [2.05, 4.69) is 16.4 Å². The zero-order valence-electron chi connectivity index (χ0n) is 8.02. The predicted octanol–water partition coefficient (Wildman–Crippen LogP) is -1.27. The van der Waals surface area contributed by atoms with E-state index in [4.69, 9.17) is 0 Å². The van der Waals surface area contributed by atoms with Crippen molar-refractivity contribution in [3.05, 3.63) is 0 Å². The average Bonchev–Trinajstić information content (AvgIpc) is 1.97. The van der Waals surface area contributed by atoms with Crippen molar-refractivity contribution in [2.45, 2.75) is 26.3 Å². The predicted molar refractivity (Wildman–Crippen MR) is 48.5 cm³/mol. The maximum Gasteiger partial charge on any atom is 0.221 e. The Bertz CT molecular complexity index is 125. The van der Waals surface area contributed by atoms with Crippen LogP contribution in [0.5, 0.6) is 0 Å². The lowest BCUT2D eigenvalue weighted by molar-refractivity contribution is -0.365. The molecule has 12 heavy (non-hydrogen) atoms. The molecule has 0 fully saturated rings. The summed E-state index contributed by atoms with van der Waals surface area (Å²) in [6.07, 6.45) is 0.554. The van der Waals surface area contributed by atoms with E-state index < -0.39 is 0 Å². The number of rotatable bonds is 6. The highest BCUT2D eigenvalue weighted by Gasteiger charge is 2.01. The normalized spacial score (nSPS) is 10.3. The van der Waals surface area contributed by atoms with Gasteiger partial charge in [0.05, 0.1) is 6.54 Å². The number of quaternary nitrogens is 1. The highest BCUT2D eigenvalue weighted by Crippen LogP contribution is 1.81. The van der Waals surface area contributed by atoms with Gasteiger partial charge in [0.2, 0.25) is 5.91 Å². The standard InChI is InChI=1S/C8H19N3O/c1-7(2)11-8(12)3-5-10-6-4-9/h7,10H,3-6,9H2,1-2H3,(H,11,12)/p+1. The lowest BCUT2D eigenvalue weighted by Gasteiger charge is -2.07. The smallest absolute Gasteiger partial charge is 0.221 e. The second kappa shape index (κ2) is 7.06. The van der Waals surface area contributed by atoms with Gasteiger partial charge in [0.1, 0.15) is 0 Å². The lowest BCUT2D eigenvalue weighted by Crippen LogP contribution is -2.54. The van der Waals surface area contributed by atoms with Crippen molar-refractivity contribution >= 4 is 5.91 Å². The fraction of sp³-hybridized carbons (Fsp3) is 0.875. The van der Waals surface area contributed by atoms with E-state index in [1.165, 1.54) is 0 Å². The summed E-state index contributed by atoms with van der Waals surface area (Å²) >= 11 is 0. The molecule has 0 aromatic carbocycles. The van der Waals surface area contributed by atoms with Crippen LogP contribution in [-0.4, -0.2) is 31.6 Å². The molecule has 0 aliphatic heterocycles. The van der Waals surface area contributed by atoms with E-state index in [1.54, 1.807) is 0 Å². The van der Waals surface area contributed by atoms with Gasteiger partial charge in [0.15, 0.2) is 0 Å². The molecule has 0 saturated carbocycles. The van der Waals surface area contributed by atoms with E-state index in [-0.39, 0.29) is 11.9 Å². The summed E-state index contributed by atoms with van der Waals surface area (Å²) in [7, 11) is 0. The molecule has 0 aromatic rings. The van der Waals surface area contributed by atoms with Gasteiger partial charge >= 0.3 is 0 Å². The molecule has 4 heteroatoms. The molecule has 0 radical (unpaired) electrons. The molecular weight excluding hydrogens is 154 g/mol. The number of amides is 1. The maximum absolute atomic E-state index is 11.0. The molecule has 0 aliphatic rings. The van der Waals surface area contributed by atoms with E-state index in [9.17, 15) is 4.79 Å². The number of nitrogens with one attached hydrogen (secondary N) is 2. The van der Waals surface area contributed by atoms with Crippen molar-refractivity contribution in [3.8, 4) is 0 Å². The van der Waals surface area contributed by atoms with Crippen LogP contribution in [-0.2, 0) is 4.79 Å². The SMILES string of the molecule is CC(C)NC(=O)CCNCC[NH3+].